The Kier molecular flexibility index (Phi) is 4.86. The van der Waals surface area contributed by atoms with Crippen LogP contribution >= 0.6 is 0 Å². The Morgan fingerprint density at radius 2 is 1.75 bits per heavy atom. The van der Waals surface area contributed by atoms with E-state index in [9.17, 15) is 4.79 Å². The molecule has 4 heteroatoms. The average molecular weight is 323 g/mol. The molecule has 3 rings (SSSR count). The lowest BCUT2D eigenvalue weighted by atomic mass is 9.91. The molecule has 0 bridgehead atoms. The van der Waals surface area contributed by atoms with E-state index in [4.69, 9.17) is 5.73 Å². The Hall–Kier alpha value is -2.33. The summed E-state index contributed by atoms with van der Waals surface area (Å²) in [5, 5.41) is 3.15. The first-order valence-electron chi connectivity index (χ1n) is 8.53. The molecule has 24 heavy (non-hydrogen) atoms. The second-order valence-electron chi connectivity index (χ2n) is 6.66. The van der Waals surface area contributed by atoms with Crippen molar-refractivity contribution in [1.29, 1.82) is 0 Å². The van der Waals surface area contributed by atoms with Gasteiger partial charge in [-0.25, -0.2) is 0 Å². The zero-order chi connectivity index (χ0) is 17.0. The van der Waals surface area contributed by atoms with Crippen molar-refractivity contribution in [2.24, 2.45) is 5.73 Å². The molecule has 0 saturated carbocycles. The monoisotopic (exact) mass is 323 g/mol. The van der Waals surface area contributed by atoms with E-state index in [1.807, 2.05) is 48.5 Å². The lowest BCUT2D eigenvalue weighted by molar-refractivity contribution is -0.126. The SMILES string of the molecule is CC(N)(C(=O)NC1CCCN(c2ccccc2)C1)c1ccccc1. The van der Waals surface area contributed by atoms with E-state index >= 15 is 0 Å². The van der Waals surface area contributed by atoms with Crippen LogP contribution in [0.25, 0.3) is 0 Å². The van der Waals surface area contributed by atoms with E-state index in [0.29, 0.717) is 0 Å². The van der Waals surface area contributed by atoms with Crippen LogP contribution in [0, 0.1) is 0 Å². The molecule has 2 aromatic carbocycles. The van der Waals surface area contributed by atoms with Gasteiger partial charge >= 0.3 is 0 Å². The van der Waals surface area contributed by atoms with E-state index in [2.05, 4.69) is 22.3 Å². The van der Waals surface area contributed by atoms with Crippen molar-refractivity contribution < 1.29 is 4.79 Å². The van der Waals surface area contributed by atoms with Crippen LogP contribution in [-0.2, 0) is 10.3 Å². The number of rotatable bonds is 4. The van der Waals surface area contributed by atoms with Gasteiger partial charge < -0.3 is 16.0 Å². The third-order valence-corrected chi connectivity index (χ3v) is 4.72. The summed E-state index contributed by atoms with van der Waals surface area (Å²) in [5.74, 6) is -0.117. The predicted octanol–water partition coefficient (Wildman–Crippen LogP) is 2.65. The van der Waals surface area contributed by atoms with E-state index < -0.39 is 5.54 Å². The molecule has 0 spiro atoms. The molecule has 2 unspecified atom stereocenters. The summed E-state index contributed by atoms with van der Waals surface area (Å²) in [4.78, 5) is 15.0. The fourth-order valence-electron chi connectivity index (χ4n) is 3.22. The van der Waals surface area contributed by atoms with Gasteiger partial charge in [-0.2, -0.15) is 0 Å². The van der Waals surface area contributed by atoms with Crippen molar-refractivity contribution in [3.05, 3.63) is 66.2 Å². The van der Waals surface area contributed by atoms with E-state index in [0.717, 1.165) is 31.5 Å². The Morgan fingerprint density at radius 3 is 2.42 bits per heavy atom. The number of carbonyl (C=O) groups is 1. The van der Waals surface area contributed by atoms with Crippen molar-refractivity contribution in [3.8, 4) is 0 Å². The summed E-state index contributed by atoms with van der Waals surface area (Å²) < 4.78 is 0. The topological polar surface area (TPSA) is 58.4 Å². The summed E-state index contributed by atoms with van der Waals surface area (Å²) in [6.07, 6.45) is 2.05. The number of nitrogens with two attached hydrogens (primary N) is 1. The fraction of sp³-hybridized carbons (Fsp3) is 0.350. The van der Waals surface area contributed by atoms with E-state index in [1.165, 1.54) is 5.69 Å². The smallest absolute Gasteiger partial charge is 0.244 e. The van der Waals surface area contributed by atoms with Gasteiger partial charge in [-0.3, -0.25) is 4.79 Å². The zero-order valence-electron chi connectivity index (χ0n) is 14.1. The van der Waals surface area contributed by atoms with Gasteiger partial charge in [0.05, 0.1) is 0 Å². The molecular formula is C20H25N3O. The van der Waals surface area contributed by atoms with Crippen LogP contribution in [0.5, 0.6) is 0 Å². The van der Waals surface area contributed by atoms with Crippen LogP contribution in [0.4, 0.5) is 5.69 Å². The molecule has 1 amide bonds. The molecule has 1 aliphatic heterocycles. The molecule has 1 fully saturated rings. The molecular weight excluding hydrogens is 298 g/mol. The molecule has 1 heterocycles. The van der Waals surface area contributed by atoms with Crippen molar-refractivity contribution in [3.63, 3.8) is 0 Å². The fourth-order valence-corrected chi connectivity index (χ4v) is 3.22. The summed E-state index contributed by atoms with van der Waals surface area (Å²) in [5.41, 5.74) is 7.34. The standard InChI is InChI=1S/C20H25N3O/c1-20(21,16-9-4-2-5-10-16)19(24)22-17-11-8-14-23(15-17)18-12-6-3-7-13-18/h2-7,9-10,12-13,17H,8,11,14-15,21H2,1H3,(H,22,24). The van der Waals surface area contributed by atoms with Gasteiger partial charge in [0.1, 0.15) is 5.54 Å². The first-order chi connectivity index (χ1) is 11.6. The first-order valence-corrected chi connectivity index (χ1v) is 8.53. The van der Waals surface area contributed by atoms with Crippen molar-refractivity contribution in [2.45, 2.75) is 31.3 Å². The normalized spacial score (nSPS) is 20.2. The largest absolute Gasteiger partial charge is 0.369 e. The third kappa shape index (κ3) is 3.60. The zero-order valence-corrected chi connectivity index (χ0v) is 14.1. The lowest BCUT2D eigenvalue weighted by Gasteiger charge is -2.36. The number of carbonyl (C=O) groups excluding carboxylic acids is 1. The van der Waals surface area contributed by atoms with Gasteiger partial charge in [0.25, 0.3) is 0 Å². The predicted molar refractivity (Wildman–Crippen MR) is 97.8 cm³/mol. The van der Waals surface area contributed by atoms with Crippen LogP contribution in [0.1, 0.15) is 25.3 Å². The molecule has 2 atom stereocenters. The van der Waals surface area contributed by atoms with E-state index in [1.54, 1.807) is 6.92 Å². The van der Waals surface area contributed by atoms with E-state index in [-0.39, 0.29) is 11.9 Å². The lowest BCUT2D eigenvalue weighted by Crippen LogP contribution is -2.55. The number of benzene rings is 2. The summed E-state index contributed by atoms with van der Waals surface area (Å²) in [7, 11) is 0. The summed E-state index contributed by atoms with van der Waals surface area (Å²) >= 11 is 0. The van der Waals surface area contributed by atoms with Crippen molar-refractivity contribution in [1.82, 2.24) is 5.32 Å². The number of nitrogens with one attached hydrogen (secondary N) is 1. The van der Waals surface area contributed by atoms with Crippen LogP contribution in [0.2, 0.25) is 0 Å². The maximum atomic E-state index is 12.7. The molecule has 4 nitrogen and oxygen atoms in total. The molecule has 0 aliphatic carbocycles. The molecule has 1 saturated heterocycles. The summed E-state index contributed by atoms with van der Waals surface area (Å²) in [6, 6.07) is 20.0. The Morgan fingerprint density at radius 1 is 1.12 bits per heavy atom. The summed E-state index contributed by atoms with van der Waals surface area (Å²) in [6.45, 7) is 3.62. The molecule has 3 N–H and O–H groups in total. The average Bonchev–Trinajstić information content (AvgIpc) is 2.63. The van der Waals surface area contributed by atoms with Crippen LogP contribution < -0.4 is 16.0 Å². The molecule has 126 valence electrons. The molecule has 0 aromatic heterocycles. The molecule has 2 aromatic rings. The van der Waals surface area contributed by atoms with Gasteiger partial charge in [-0.15, -0.1) is 0 Å². The van der Waals surface area contributed by atoms with Crippen LogP contribution in [0.15, 0.2) is 60.7 Å². The minimum absolute atomic E-state index is 0.117. The van der Waals surface area contributed by atoms with Crippen molar-refractivity contribution in [2.75, 3.05) is 18.0 Å². The molecule has 1 aliphatic rings. The van der Waals surface area contributed by atoms with Crippen molar-refractivity contribution >= 4 is 11.6 Å². The van der Waals surface area contributed by atoms with Crippen LogP contribution in [-0.4, -0.2) is 25.0 Å². The number of anilines is 1. The highest BCUT2D eigenvalue weighted by atomic mass is 16.2. The van der Waals surface area contributed by atoms with Crippen LogP contribution in [0.3, 0.4) is 0 Å². The maximum absolute atomic E-state index is 12.7. The highest BCUT2D eigenvalue weighted by Crippen LogP contribution is 2.21. The Balaban J connectivity index is 1.66. The van der Waals surface area contributed by atoms with Gasteiger partial charge in [0.2, 0.25) is 5.91 Å². The minimum atomic E-state index is -1.02. The second kappa shape index (κ2) is 7.05. The first kappa shape index (κ1) is 16.5. The third-order valence-electron chi connectivity index (χ3n) is 4.72. The highest BCUT2D eigenvalue weighted by Gasteiger charge is 2.32. The number of piperidine rings is 1. The number of hydrogen-bond acceptors (Lipinski definition) is 3. The number of nitrogens with zero attached hydrogens (tertiary/aromatic N) is 1. The molecule has 0 radical (unpaired) electrons. The van der Waals surface area contributed by atoms with Gasteiger partial charge in [0.15, 0.2) is 0 Å². The maximum Gasteiger partial charge on any atom is 0.244 e. The second-order valence-corrected chi connectivity index (χ2v) is 6.66. The van der Waals surface area contributed by atoms with Gasteiger partial charge in [0, 0.05) is 24.8 Å². The number of amides is 1. The number of para-hydroxylation sites is 1. The highest BCUT2D eigenvalue weighted by molar-refractivity contribution is 5.87. The van der Waals surface area contributed by atoms with Gasteiger partial charge in [-0.1, -0.05) is 48.5 Å². The number of hydrogen-bond donors (Lipinski definition) is 2. The Bertz CT molecular complexity index is 670. The quantitative estimate of drug-likeness (QED) is 0.909. The van der Waals surface area contributed by atoms with Gasteiger partial charge in [-0.05, 0) is 37.5 Å². The minimum Gasteiger partial charge on any atom is -0.369 e. The Labute approximate surface area is 143 Å².